The highest BCUT2D eigenvalue weighted by atomic mass is 16.1. The van der Waals surface area contributed by atoms with Gasteiger partial charge in [-0.2, -0.15) is 4.68 Å². The number of aryl methyl sites for hydroxylation is 1. The second-order valence-corrected chi connectivity index (χ2v) is 3.87. The largest absolute Gasteiger partial charge is 0.368 e. The number of nitrogens with two attached hydrogens (primary N) is 2. The number of hydrogen-bond acceptors (Lipinski definition) is 4. The number of hydrogen-bond donors (Lipinski definition) is 2. The van der Waals surface area contributed by atoms with Crippen molar-refractivity contribution < 1.29 is 0 Å². The van der Waals surface area contributed by atoms with E-state index >= 15 is 0 Å². The van der Waals surface area contributed by atoms with Gasteiger partial charge in [0.25, 0.3) is 5.56 Å². The summed E-state index contributed by atoms with van der Waals surface area (Å²) in [7, 11) is 0. The molecule has 0 aliphatic carbocycles. The first-order valence-corrected chi connectivity index (χ1v) is 5.26. The summed E-state index contributed by atoms with van der Waals surface area (Å²) in [4.78, 5) is 16.0. The fraction of sp³-hybridized carbons (Fsp3) is 0.167. The molecule has 0 atom stereocenters. The first kappa shape index (κ1) is 11.2. The Balaban J connectivity index is 2.47. The van der Waals surface area contributed by atoms with E-state index in [9.17, 15) is 4.79 Å². The van der Waals surface area contributed by atoms with Crippen LogP contribution in [0.4, 0.5) is 5.95 Å². The van der Waals surface area contributed by atoms with Gasteiger partial charge in [0, 0.05) is 12.0 Å². The van der Waals surface area contributed by atoms with Gasteiger partial charge < -0.3 is 11.6 Å². The molecule has 0 bridgehead atoms. The molecule has 5 nitrogen and oxygen atoms in total. The second-order valence-electron chi connectivity index (χ2n) is 3.87. The van der Waals surface area contributed by atoms with Crippen LogP contribution in [0.3, 0.4) is 0 Å². The van der Waals surface area contributed by atoms with Crippen molar-refractivity contribution in [2.24, 2.45) is 0 Å². The molecule has 1 aromatic carbocycles. The zero-order valence-electron chi connectivity index (χ0n) is 9.55. The summed E-state index contributed by atoms with van der Waals surface area (Å²) >= 11 is 0. The molecule has 0 amide bonds. The van der Waals surface area contributed by atoms with E-state index in [4.69, 9.17) is 11.6 Å². The van der Waals surface area contributed by atoms with Gasteiger partial charge in [0.2, 0.25) is 5.95 Å². The Labute approximate surface area is 98.7 Å². The molecule has 0 aliphatic heterocycles. The third kappa shape index (κ3) is 2.13. The summed E-state index contributed by atoms with van der Waals surface area (Å²) in [5.74, 6) is 5.55. The van der Waals surface area contributed by atoms with Crippen LogP contribution < -0.4 is 17.1 Å². The van der Waals surface area contributed by atoms with Crippen LogP contribution >= 0.6 is 0 Å². The van der Waals surface area contributed by atoms with E-state index in [1.165, 1.54) is 0 Å². The lowest BCUT2D eigenvalue weighted by molar-refractivity contribution is 0.858. The summed E-state index contributed by atoms with van der Waals surface area (Å²) in [6.07, 6.45) is 0.510. The average molecular weight is 230 g/mol. The number of aromatic nitrogens is 2. The Kier molecular flexibility index (Phi) is 2.82. The number of rotatable bonds is 2. The van der Waals surface area contributed by atoms with Crippen molar-refractivity contribution in [2.75, 3.05) is 11.6 Å². The summed E-state index contributed by atoms with van der Waals surface area (Å²) in [6, 6.07) is 9.69. The van der Waals surface area contributed by atoms with Gasteiger partial charge in [0.1, 0.15) is 0 Å². The molecular weight excluding hydrogens is 216 g/mol. The molecule has 4 N–H and O–H groups in total. The summed E-state index contributed by atoms with van der Waals surface area (Å²) in [5.41, 5.74) is 7.46. The molecule has 0 saturated heterocycles. The summed E-state index contributed by atoms with van der Waals surface area (Å²) in [5, 5.41) is 0. The fourth-order valence-electron chi connectivity index (χ4n) is 1.70. The SMILES string of the molecule is Cc1nc(N)n(N)c(=O)c1Cc1ccccc1. The molecule has 88 valence electrons. The first-order valence-electron chi connectivity index (χ1n) is 5.26. The molecule has 0 aliphatic rings. The number of nitrogens with zero attached hydrogens (tertiary/aromatic N) is 2. The van der Waals surface area contributed by atoms with Crippen molar-refractivity contribution in [1.29, 1.82) is 0 Å². The number of benzene rings is 1. The Hall–Kier alpha value is -2.30. The number of nitrogen functional groups attached to an aromatic ring is 2. The van der Waals surface area contributed by atoms with Gasteiger partial charge in [-0.15, -0.1) is 0 Å². The minimum atomic E-state index is -0.293. The molecule has 2 rings (SSSR count). The van der Waals surface area contributed by atoms with Gasteiger partial charge in [-0.25, -0.2) is 4.98 Å². The molecule has 2 aromatic rings. The molecule has 0 saturated carbocycles. The molecule has 0 unspecified atom stereocenters. The van der Waals surface area contributed by atoms with E-state index in [0.29, 0.717) is 17.7 Å². The molecule has 5 heteroatoms. The molecule has 0 fully saturated rings. The van der Waals surface area contributed by atoms with Crippen LogP contribution in [0.5, 0.6) is 0 Å². The third-order valence-corrected chi connectivity index (χ3v) is 2.67. The normalized spacial score (nSPS) is 10.4. The van der Waals surface area contributed by atoms with Crippen molar-refractivity contribution in [1.82, 2.24) is 9.66 Å². The Bertz CT molecular complexity index is 589. The maximum Gasteiger partial charge on any atom is 0.277 e. The number of anilines is 1. The lowest BCUT2D eigenvalue weighted by atomic mass is 10.1. The van der Waals surface area contributed by atoms with E-state index in [-0.39, 0.29) is 11.5 Å². The smallest absolute Gasteiger partial charge is 0.277 e. The highest BCUT2D eigenvalue weighted by Crippen LogP contribution is 2.09. The summed E-state index contributed by atoms with van der Waals surface area (Å²) < 4.78 is 0.880. The topological polar surface area (TPSA) is 86.9 Å². The predicted octanol–water partition coefficient (Wildman–Crippen LogP) is 0.439. The standard InChI is InChI=1S/C12H14N4O/c1-8-10(7-9-5-3-2-4-6-9)11(17)16(14)12(13)15-8/h2-6H,7,14H2,1H3,(H2,13,15). The fourth-order valence-corrected chi connectivity index (χ4v) is 1.70. The van der Waals surface area contributed by atoms with Gasteiger partial charge in [0.05, 0.1) is 5.69 Å². The van der Waals surface area contributed by atoms with E-state index in [1.54, 1.807) is 6.92 Å². The molecule has 17 heavy (non-hydrogen) atoms. The quantitative estimate of drug-likeness (QED) is 0.733. The minimum absolute atomic E-state index is 0.0318. The van der Waals surface area contributed by atoms with Crippen LogP contribution in [0.25, 0.3) is 0 Å². The first-order chi connectivity index (χ1) is 8.09. The predicted molar refractivity (Wildman–Crippen MR) is 67.0 cm³/mol. The second kappa shape index (κ2) is 4.29. The van der Waals surface area contributed by atoms with Gasteiger partial charge in [-0.05, 0) is 12.5 Å². The van der Waals surface area contributed by atoms with E-state index in [0.717, 1.165) is 10.2 Å². The summed E-state index contributed by atoms with van der Waals surface area (Å²) in [6.45, 7) is 1.76. The van der Waals surface area contributed by atoms with Gasteiger partial charge in [-0.1, -0.05) is 30.3 Å². The van der Waals surface area contributed by atoms with Crippen LogP contribution in [0.15, 0.2) is 35.1 Å². The minimum Gasteiger partial charge on any atom is -0.368 e. The van der Waals surface area contributed by atoms with E-state index in [1.807, 2.05) is 30.3 Å². The van der Waals surface area contributed by atoms with Crippen LogP contribution in [-0.4, -0.2) is 9.66 Å². The average Bonchev–Trinajstić information content (AvgIpc) is 2.33. The molecular formula is C12H14N4O. The maximum atomic E-state index is 11.9. The van der Waals surface area contributed by atoms with Crippen molar-refractivity contribution in [3.8, 4) is 0 Å². The highest BCUT2D eigenvalue weighted by Gasteiger charge is 2.10. The highest BCUT2D eigenvalue weighted by molar-refractivity contribution is 5.31. The van der Waals surface area contributed by atoms with Crippen LogP contribution in [0.2, 0.25) is 0 Å². The van der Waals surface area contributed by atoms with Crippen molar-refractivity contribution in [3.63, 3.8) is 0 Å². The molecule has 0 spiro atoms. The molecule has 1 aromatic heterocycles. The monoisotopic (exact) mass is 230 g/mol. The Morgan fingerprint density at radius 3 is 2.59 bits per heavy atom. The zero-order chi connectivity index (χ0) is 12.4. The lowest BCUT2D eigenvalue weighted by Crippen LogP contribution is -2.34. The van der Waals surface area contributed by atoms with E-state index in [2.05, 4.69) is 4.98 Å². The zero-order valence-corrected chi connectivity index (χ0v) is 9.55. The third-order valence-electron chi connectivity index (χ3n) is 2.67. The van der Waals surface area contributed by atoms with Gasteiger partial charge >= 0.3 is 0 Å². The lowest BCUT2D eigenvalue weighted by Gasteiger charge is -2.08. The maximum absolute atomic E-state index is 11.9. The van der Waals surface area contributed by atoms with Crippen molar-refractivity contribution >= 4 is 5.95 Å². The van der Waals surface area contributed by atoms with Gasteiger partial charge in [-0.3, -0.25) is 4.79 Å². The van der Waals surface area contributed by atoms with Crippen LogP contribution in [0.1, 0.15) is 16.8 Å². The van der Waals surface area contributed by atoms with Crippen molar-refractivity contribution in [2.45, 2.75) is 13.3 Å². The molecule has 0 radical (unpaired) electrons. The Morgan fingerprint density at radius 2 is 1.94 bits per heavy atom. The Morgan fingerprint density at radius 1 is 1.29 bits per heavy atom. The van der Waals surface area contributed by atoms with Crippen LogP contribution in [0, 0.1) is 6.92 Å². The molecule has 1 heterocycles. The van der Waals surface area contributed by atoms with Gasteiger partial charge in [0.15, 0.2) is 0 Å². The van der Waals surface area contributed by atoms with E-state index < -0.39 is 0 Å². The van der Waals surface area contributed by atoms with Crippen LogP contribution in [-0.2, 0) is 6.42 Å². The van der Waals surface area contributed by atoms with Crippen molar-refractivity contribution in [3.05, 3.63) is 57.5 Å².